The van der Waals surface area contributed by atoms with Crippen molar-refractivity contribution < 1.29 is 9.59 Å². The van der Waals surface area contributed by atoms with Crippen LogP contribution in [-0.2, 0) is 15.0 Å². The summed E-state index contributed by atoms with van der Waals surface area (Å²) < 4.78 is 0. The smallest absolute Gasteiger partial charge is 0.237 e. The van der Waals surface area contributed by atoms with Crippen molar-refractivity contribution >= 4 is 40.7 Å². The number of nitrogens with zero attached hydrogens (tertiary/aromatic N) is 1. The van der Waals surface area contributed by atoms with Gasteiger partial charge in [0.2, 0.25) is 11.8 Å². The Hall–Kier alpha value is -2.82. The van der Waals surface area contributed by atoms with Crippen LogP contribution in [0.15, 0.2) is 72.8 Å². The molecular formula is C27H26Cl2N2O2. The Labute approximate surface area is 204 Å². The first-order valence-electron chi connectivity index (χ1n) is 11.1. The molecule has 2 heterocycles. The maximum absolute atomic E-state index is 13.3. The van der Waals surface area contributed by atoms with Crippen LogP contribution in [0.2, 0.25) is 10.0 Å². The van der Waals surface area contributed by atoms with Crippen LogP contribution in [-0.4, -0.2) is 23.3 Å². The second-order valence-electron chi connectivity index (χ2n) is 8.35. The summed E-state index contributed by atoms with van der Waals surface area (Å²) in [7, 11) is 0. The third kappa shape index (κ3) is 4.25. The normalized spacial score (nSPS) is 21.3. The number of benzene rings is 3. The molecule has 1 saturated heterocycles. The van der Waals surface area contributed by atoms with Gasteiger partial charge in [-0.15, -0.1) is 0 Å². The number of likely N-dealkylation sites (N-methyl/N-ethyl adjacent to an activating group) is 1. The molecule has 33 heavy (non-hydrogen) atoms. The van der Waals surface area contributed by atoms with Crippen molar-refractivity contribution in [2.24, 2.45) is 0 Å². The number of carbonyl (C=O) groups is 2. The Morgan fingerprint density at radius 3 is 2.30 bits per heavy atom. The van der Waals surface area contributed by atoms with E-state index in [1.807, 2.05) is 85.5 Å². The Bertz CT molecular complexity index is 1180. The minimum atomic E-state index is -0.782. The van der Waals surface area contributed by atoms with Crippen molar-refractivity contribution in [3.8, 4) is 0 Å². The molecule has 0 aliphatic carbocycles. The highest BCUT2D eigenvalue weighted by Gasteiger charge is 2.57. The molecule has 3 aromatic rings. The standard InChI is InChI=1S/C21H21ClN2O2.C6H5Cl/c1-3-24-18(25)10-11-21(19(24)15-7-5-4-6-13(15)2)16-9-8-14(22)12-17(16)23-20(21)26;7-6-4-2-1-3-5-6/h4-9,12,19H,3,10-11H2,1-2H3,(H,23,26);1-5H/t19-,21-;/m1./s1. The number of amides is 2. The zero-order chi connectivity index (χ0) is 23.6. The van der Waals surface area contributed by atoms with Crippen molar-refractivity contribution in [2.75, 3.05) is 11.9 Å². The van der Waals surface area contributed by atoms with Gasteiger partial charge in [-0.3, -0.25) is 9.59 Å². The molecular weight excluding hydrogens is 455 g/mol. The Balaban J connectivity index is 0.000000318. The monoisotopic (exact) mass is 480 g/mol. The zero-order valence-electron chi connectivity index (χ0n) is 18.6. The van der Waals surface area contributed by atoms with E-state index in [4.69, 9.17) is 23.2 Å². The molecule has 4 nitrogen and oxygen atoms in total. The molecule has 0 aromatic heterocycles. The van der Waals surface area contributed by atoms with Gasteiger partial charge >= 0.3 is 0 Å². The number of anilines is 1. The lowest BCUT2D eigenvalue weighted by Gasteiger charge is -2.47. The molecule has 1 spiro atoms. The summed E-state index contributed by atoms with van der Waals surface area (Å²) in [5.74, 6) is 0.0514. The van der Waals surface area contributed by atoms with Crippen LogP contribution in [0.1, 0.15) is 42.5 Å². The number of aryl methyl sites for hydroxylation is 1. The van der Waals surface area contributed by atoms with E-state index in [2.05, 4.69) is 5.32 Å². The van der Waals surface area contributed by atoms with Gasteiger partial charge in [0.15, 0.2) is 0 Å². The summed E-state index contributed by atoms with van der Waals surface area (Å²) >= 11 is 11.7. The third-order valence-corrected chi connectivity index (χ3v) is 6.99. The summed E-state index contributed by atoms with van der Waals surface area (Å²) in [4.78, 5) is 27.9. The summed E-state index contributed by atoms with van der Waals surface area (Å²) in [6.45, 7) is 4.57. The molecule has 6 heteroatoms. The van der Waals surface area contributed by atoms with Gasteiger partial charge in [-0.1, -0.05) is 71.7 Å². The molecule has 1 fully saturated rings. The lowest BCUT2D eigenvalue weighted by molar-refractivity contribution is -0.143. The molecule has 5 rings (SSSR count). The number of nitrogens with one attached hydrogen (secondary N) is 1. The van der Waals surface area contributed by atoms with Gasteiger partial charge < -0.3 is 10.2 Å². The van der Waals surface area contributed by atoms with E-state index in [1.54, 1.807) is 6.07 Å². The Kier molecular flexibility index (Phi) is 6.78. The third-order valence-electron chi connectivity index (χ3n) is 6.50. The molecule has 2 atom stereocenters. The highest BCUT2D eigenvalue weighted by molar-refractivity contribution is 6.31. The SMILES string of the molecule is CCN1C(=O)CC[C@]2(C(=O)Nc3cc(Cl)ccc32)[C@H]1c1ccccc1C.Clc1ccccc1. The summed E-state index contributed by atoms with van der Waals surface area (Å²) in [6, 6.07) is 22.7. The first-order chi connectivity index (χ1) is 15.9. The molecule has 1 N–H and O–H groups in total. The van der Waals surface area contributed by atoms with E-state index in [0.29, 0.717) is 24.4 Å². The van der Waals surface area contributed by atoms with E-state index in [0.717, 1.165) is 27.4 Å². The van der Waals surface area contributed by atoms with Gasteiger partial charge in [0.25, 0.3) is 0 Å². The van der Waals surface area contributed by atoms with Gasteiger partial charge in [-0.05, 0) is 61.2 Å². The molecule has 3 aromatic carbocycles. The van der Waals surface area contributed by atoms with Crippen LogP contribution in [0.5, 0.6) is 0 Å². The number of halogens is 2. The van der Waals surface area contributed by atoms with E-state index in [1.165, 1.54) is 0 Å². The first-order valence-corrected chi connectivity index (χ1v) is 11.8. The topological polar surface area (TPSA) is 49.4 Å². The lowest BCUT2D eigenvalue weighted by Crippen LogP contribution is -2.54. The Morgan fingerprint density at radius 1 is 0.970 bits per heavy atom. The minimum Gasteiger partial charge on any atom is -0.334 e. The maximum Gasteiger partial charge on any atom is 0.237 e. The molecule has 2 aliphatic heterocycles. The molecule has 170 valence electrons. The fourth-order valence-corrected chi connectivity index (χ4v) is 5.30. The lowest BCUT2D eigenvalue weighted by atomic mass is 9.66. The second kappa shape index (κ2) is 9.58. The quantitative estimate of drug-likeness (QED) is 0.451. The van der Waals surface area contributed by atoms with Crippen molar-refractivity contribution in [1.29, 1.82) is 0 Å². The Morgan fingerprint density at radius 2 is 1.67 bits per heavy atom. The van der Waals surface area contributed by atoms with Gasteiger partial charge in [-0.25, -0.2) is 0 Å². The molecule has 2 amide bonds. The fourth-order valence-electron chi connectivity index (χ4n) is 4.98. The number of hydrogen-bond donors (Lipinski definition) is 1. The number of carbonyl (C=O) groups excluding carboxylic acids is 2. The highest BCUT2D eigenvalue weighted by Crippen LogP contribution is 2.54. The average Bonchev–Trinajstić information content (AvgIpc) is 3.07. The zero-order valence-corrected chi connectivity index (χ0v) is 20.2. The predicted octanol–water partition coefficient (Wildman–Crippen LogP) is 6.56. The molecule has 0 saturated carbocycles. The minimum absolute atomic E-state index is 0.0473. The molecule has 0 unspecified atom stereocenters. The van der Waals surface area contributed by atoms with Gasteiger partial charge in [0.05, 0.1) is 6.04 Å². The largest absolute Gasteiger partial charge is 0.334 e. The van der Waals surface area contributed by atoms with Crippen LogP contribution >= 0.6 is 23.2 Å². The van der Waals surface area contributed by atoms with E-state index in [9.17, 15) is 9.59 Å². The summed E-state index contributed by atoms with van der Waals surface area (Å²) in [5, 5.41) is 4.40. The van der Waals surface area contributed by atoms with Crippen molar-refractivity contribution in [3.05, 3.63) is 99.5 Å². The van der Waals surface area contributed by atoms with Gasteiger partial charge in [0.1, 0.15) is 5.41 Å². The van der Waals surface area contributed by atoms with E-state index < -0.39 is 5.41 Å². The van der Waals surface area contributed by atoms with Gasteiger partial charge in [0, 0.05) is 28.7 Å². The fraction of sp³-hybridized carbons (Fsp3) is 0.259. The van der Waals surface area contributed by atoms with Gasteiger partial charge in [-0.2, -0.15) is 0 Å². The first kappa shape index (κ1) is 23.3. The highest BCUT2D eigenvalue weighted by atomic mass is 35.5. The van der Waals surface area contributed by atoms with Crippen molar-refractivity contribution in [1.82, 2.24) is 4.90 Å². The second-order valence-corrected chi connectivity index (χ2v) is 9.22. The van der Waals surface area contributed by atoms with Crippen LogP contribution in [0, 0.1) is 6.92 Å². The number of hydrogen-bond acceptors (Lipinski definition) is 2. The molecule has 0 radical (unpaired) electrons. The number of fused-ring (bicyclic) bond motifs is 2. The van der Waals surface area contributed by atoms with Crippen LogP contribution < -0.4 is 5.32 Å². The summed E-state index contributed by atoms with van der Waals surface area (Å²) in [5.41, 5.74) is 3.02. The summed E-state index contributed by atoms with van der Waals surface area (Å²) in [6.07, 6.45) is 0.869. The maximum atomic E-state index is 13.3. The molecule has 0 bridgehead atoms. The number of rotatable bonds is 2. The van der Waals surface area contributed by atoms with Crippen LogP contribution in [0.4, 0.5) is 5.69 Å². The average molecular weight is 481 g/mol. The predicted molar refractivity (Wildman–Crippen MR) is 134 cm³/mol. The van der Waals surface area contributed by atoms with E-state index in [-0.39, 0.29) is 17.9 Å². The number of likely N-dealkylation sites (tertiary alicyclic amines) is 1. The number of piperidine rings is 1. The van der Waals surface area contributed by atoms with Crippen LogP contribution in [0.25, 0.3) is 0 Å². The van der Waals surface area contributed by atoms with Crippen molar-refractivity contribution in [3.63, 3.8) is 0 Å². The van der Waals surface area contributed by atoms with Crippen molar-refractivity contribution in [2.45, 2.75) is 38.1 Å². The molecule has 2 aliphatic rings. The van der Waals surface area contributed by atoms with E-state index >= 15 is 0 Å². The van der Waals surface area contributed by atoms with Crippen LogP contribution in [0.3, 0.4) is 0 Å².